The molecule has 6 aromatic carbocycles. The molecule has 0 bridgehead atoms. The summed E-state index contributed by atoms with van der Waals surface area (Å²) in [6.07, 6.45) is 6.55. The zero-order chi connectivity index (χ0) is 36.6. The van der Waals surface area contributed by atoms with Crippen molar-refractivity contribution in [1.29, 1.82) is 0 Å². The van der Waals surface area contributed by atoms with Gasteiger partial charge in [-0.2, -0.15) is 0 Å². The van der Waals surface area contributed by atoms with Gasteiger partial charge in [-0.05, 0) is 125 Å². The molecule has 0 atom stereocenters. The molecule has 0 fully saturated rings. The van der Waals surface area contributed by atoms with E-state index in [1.54, 1.807) is 38.1 Å². The zero-order valence-corrected chi connectivity index (χ0v) is 29.7. The van der Waals surface area contributed by atoms with Gasteiger partial charge < -0.3 is 14.4 Å². The van der Waals surface area contributed by atoms with Crippen LogP contribution in [0.15, 0.2) is 164 Å². The number of anilines is 2. The molecule has 6 aromatic rings. The van der Waals surface area contributed by atoms with E-state index in [4.69, 9.17) is 9.47 Å². The molecule has 0 heterocycles. The maximum atomic E-state index is 12.0. The van der Waals surface area contributed by atoms with Crippen LogP contribution in [0.5, 0.6) is 11.5 Å². The lowest BCUT2D eigenvalue weighted by Crippen LogP contribution is -2.19. The molecule has 0 unspecified atom stereocenters. The highest BCUT2D eigenvalue weighted by Crippen LogP contribution is 2.47. The van der Waals surface area contributed by atoms with E-state index in [1.807, 2.05) is 24.3 Å². The number of hydrogen-bond donors (Lipinski definition) is 0. The minimum Gasteiger partial charge on any atom is -0.423 e. The molecular weight excluding hydrogens is 655 g/mol. The van der Waals surface area contributed by atoms with Crippen molar-refractivity contribution in [1.82, 2.24) is 0 Å². The van der Waals surface area contributed by atoms with Crippen LogP contribution < -0.4 is 14.4 Å². The molecular formula is C48H37NO4. The lowest BCUT2D eigenvalue weighted by molar-refractivity contribution is -0.130. The van der Waals surface area contributed by atoms with Gasteiger partial charge in [0.15, 0.2) is 0 Å². The molecule has 5 heteroatoms. The Bertz CT molecular complexity index is 2390. The minimum atomic E-state index is -0.439. The quantitative estimate of drug-likeness (QED) is 0.0858. The van der Waals surface area contributed by atoms with Crippen molar-refractivity contribution < 1.29 is 19.1 Å². The molecule has 2 aliphatic carbocycles. The van der Waals surface area contributed by atoms with Crippen LogP contribution in [0, 0.1) is 0 Å². The van der Waals surface area contributed by atoms with E-state index in [9.17, 15) is 9.59 Å². The van der Waals surface area contributed by atoms with Crippen LogP contribution in [-0.4, -0.2) is 11.9 Å². The van der Waals surface area contributed by atoms with Crippen molar-refractivity contribution in [2.45, 2.75) is 26.7 Å². The summed E-state index contributed by atoms with van der Waals surface area (Å²) >= 11 is 0. The van der Waals surface area contributed by atoms with E-state index >= 15 is 0 Å². The number of carbonyl (C=O) groups is 2. The van der Waals surface area contributed by atoms with E-state index in [-0.39, 0.29) is 0 Å². The summed E-state index contributed by atoms with van der Waals surface area (Å²) in [4.78, 5) is 26.3. The molecule has 0 saturated carbocycles. The standard InChI is InChI=1S/C48H37NO4/c1-30(2)47(50)52-41-24-14-34(15-25-41)32-10-20-39(21-11-32)49(40-22-12-33(13-23-40)35-16-26-42(27-17-35)53-48(51)31(3)4)44-29-19-38-9-8-36-6-5-7-37-18-28-43(44)46(38)45(36)37/h5-7,9-18,20-29H,1,3,8,19H2,2,4H3. The Morgan fingerprint density at radius 1 is 0.566 bits per heavy atom. The third-order valence-electron chi connectivity index (χ3n) is 9.80. The maximum absolute atomic E-state index is 12.0. The number of carbonyl (C=O) groups excluding carboxylic acids is 2. The van der Waals surface area contributed by atoms with E-state index < -0.39 is 11.9 Å². The van der Waals surface area contributed by atoms with Gasteiger partial charge in [-0.3, -0.25) is 0 Å². The third kappa shape index (κ3) is 6.49. The summed E-state index contributed by atoms with van der Waals surface area (Å²) in [5.74, 6) is 0.0860. The molecule has 0 amide bonds. The third-order valence-corrected chi connectivity index (χ3v) is 9.80. The SMILES string of the molecule is C=C(C)C(=O)Oc1ccc(-c2ccc(N(C3=CCC4=CCc5cccc6ccc3c4c56)c3ccc(-c4ccc(OC(=O)C(=C)C)cc4)cc3)cc2)cc1. The number of ether oxygens (including phenoxy) is 2. The van der Waals surface area contributed by atoms with Gasteiger partial charge in [0.05, 0.1) is 5.70 Å². The van der Waals surface area contributed by atoms with Crippen molar-refractivity contribution in [3.05, 3.63) is 181 Å². The van der Waals surface area contributed by atoms with Gasteiger partial charge in [0.2, 0.25) is 0 Å². The normalized spacial score (nSPS) is 12.7. The van der Waals surface area contributed by atoms with Gasteiger partial charge in [-0.15, -0.1) is 0 Å². The van der Waals surface area contributed by atoms with Crippen LogP contribution >= 0.6 is 0 Å². The summed E-state index contributed by atoms with van der Waals surface area (Å²) in [5.41, 5.74) is 13.4. The van der Waals surface area contributed by atoms with Crippen LogP contribution in [-0.2, 0) is 16.0 Å². The Morgan fingerprint density at radius 3 is 1.55 bits per heavy atom. The van der Waals surface area contributed by atoms with Crippen LogP contribution in [0.2, 0.25) is 0 Å². The number of rotatable bonds is 9. The van der Waals surface area contributed by atoms with Gasteiger partial charge in [-0.25, -0.2) is 9.59 Å². The van der Waals surface area contributed by atoms with Crippen LogP contribution in [0.4, 0.5) is 11.4 Å². The second-order valence-electron chi connectivity index (χ2n) is 13.5. The first-order chi connectivity index (χ1) is 25.7. The maximum Gasteiger partial charge on any atom is 0.338 e. The molecule has 53 heavy (non-hydrogen) atoms. The van der Waals surface area contributed by atoms with E-state index in [1.165, 1.54) is 33.0 Å². The van der Waals surface area contributed by atoms with Crippen molar-refractivity contribution >= 4 is 45.4 Å². The molecule has 0 N–H and O–H groups in total. The van der Waals surface area contributed by atoms with Gasteiger partial charge in [-0.1, -0.05) is 104 Å². The van der Waals surface area contributed by atoms with E-state index in [0.717, 1.165) is 52.2 Å². The Kier molecular flexibility index (Phi) is 8.69. The Labute approximate surface area is 309 Å². The number of allylic oxidation sites excluding steroid dienone is 3. The van der Waals surface area contributed by atoms with Crippen LogP contribution in [0.3, 0.4) is 0 Å². The van der Waals surface area contributed by atoms with Gasteiger partial charge in [0.25, 0.3) is 0 Å². The first-order valence-corrected chi connectivity index (χ1v) is 17.6. The average molecular weight is 692 g/mol. The molecule has 8 rings (SSSR count). The second kappa shape index (κ2) is 13.8. The fourth-order valence-corrected chi connectivity index (χ4v) is 7.07. The fourth-order valence-electron chi connectivity index (χ4n) is 7.07. The summed E-state index contributed by atoms with van der Waals surface area (Å²) in [5, 5.41) is 2.63. The molecule has 0 aromatic heterocycles. The van der Waals surface area contributed by atoms with Gasteiger partial charge in [0, 0.05) is 28.1 Å². The second-order valence-corrected chi connectivity index (χ2v) is 13.5. The van der Waals surface area contributed by atoms with Crippen LogP contribution in [0.1, 0.15) is 37.0 Å². The monoisotopic (exact) mass is 691 g/mol. The highest BCUT2D eigenvalue weighted by Gasteiger charge is 2.27. The Hall–Kier alpha value is -6.72. The predicted molar refractivity (Wildman–Crippen MR) is 215 cm³/mol. The molecule has 0 aliphatic heterocycles. The number of esters is 2. The summed E-state index contributed by atoms with van der Waals surface area (Å²) < 4.78 is 10.8. The smallest absolute Gasteiger partial charge is 0.338 e. The Morgan fingerprint density at radius 2 is 1.06 bits per heavy atom. The Balaban J connectivity index is 1.16. The highest BCUT2D eigenvalue weighted by atomic mass is 16.5. The number of nitrogens with zero attached hydrogens (tertiary/aromatic N) is 1. The topological polar surface area (TPSA) is 55.8 Å². The number of hydrogen-bond acceptors (Lipinski definition) is 5. The minimum absolute atomic E-state index is 0.357. The largest absolute Gasteiger partial charge is 0.423 e. The van der Waals surface area contributed by atoms with Crippen molar-refractivity contribution in [3.63, 3.8) is 0 Å². The summed E-state index contributed by atoms with van der Waals surface area (Å²) in [6.45, 7) is 10.6. The van der Waals surface area contributed by atoms with Gasteiger partial charge >= 0.3 is 11.9 Å². The lowest BCUT2D eigenvalue weighted by Gasteiger charge is -2.34. The van der Waals surface area contributed by atoms with Crippen molar-refractivity contribution in [3.8, 4) is 33.8 Å². The number of benzene rings is 6. The summed E-state index contributed by atoms with van der Waals surface area (Å²) in [6, 6.07) is 43.3. The first-order valence-electron chi connectivity index (χ1n) is 17.6. The average Bonchev–Trinajstić information content (AvgIpc) is 3.18. The van der Waals surface area contributed by atoms with Gasteiger partial charge in [0.1, 0.15) is 11.5 Å². The molecule has 5 nitrogen and oxygen atoms in total. The molecule has 0 spiro atoms. The zero-order valence-electron chi connectivity index (χ0n) is 29.7. The van der Waals surface area contributed by atoms with E-state index in [2.05, 4.69) is 109 Å². The molecule has 258 valence electrons. The molecule has 2 aliphatic rings. The molecule has 0 radical (unpaired) electrons. The summed E-state index contributed by atoms with van der Waals surface area (Å²) in [7, 11) is 0. The molecule has 0 saturated heterocycles. The van der Waals surface area contributed by atoms with Crippen molar-refractivity contribution in [2.24, 2.45) is 0 Å². The fraction of sp³-hybridized carbons (Fsp3) is 0.0833. The first kappa shape index (κ1) is 33.4. The van der Waals surface area contributed by atoms with Crippen molar-refractivity contribution in [2.75, 3.05) is 4.90 Å². The predicted octanol–water partition coefficient (Wildman–Crippen LogP) is 11.7. The van der Waals surface area contributed by atoms with Crippen LogP contribution in [0.25, 0.3) is 44.3 Å². The van der Waals surface area contributed by atoms with E-state index in [0.29, 0.717) is 22.6 Å². The highest BCUT2D eigenvalue weighted by molar-refractivity contribution is 6.06. The lowest BCUT2D eigenvalue weighted by atomic mass is 9.80.